The Morgan fingerprint density at radius 2 is 2.13 bits per heavy atom. The van der Waals surface area contributed by atoms with Gasteiger partial charge in [-0.25, -0.2) is 9.97 Å². The Hall–Kier alpha value is -2.38. The Labute approximate surface area is 135 Å². The predicted molar refractivity (Wildman–Crippen MR) is 85.6 cm³/mol. The Bertz CT molecular complexity index is 620. The predicted octanol–water partition coefficient (Wildman–Crippen LogP) is -0.426. The third-order valence-corrected chi connectivity index (χ3v) is 4.60. The molecule has 3 fully saturated rings. The van der Waals surface area contributed by atoms with Gasteiger partial charge >= 0.3 is 0 Å². The number of rotatable bonds is 3. The van der Waals surface area contributed by atoms with Crippen molar-refractivity contribution in [2.45, 2.75) is 18.9 Å². The molecule has 2 bridgehead atoms. The second-order valence-corrected chi connectivity index (χ2v) is 6.39. The maximum absolute atomic E-state index is 12.7. The first-order valence-corrected chi connectivity index (χ1v) is 7.79. The molecule has 0 aliphatic carbocycles. The quantitative estimate of drug-likeness (QED) is 0.813. The van der Waals surface area contributed by atoms with E-state index in [0.29, 0.717) is 18.9 Å². The van der Waals surface area contributed by atoms with Crippen molar-refractivity contribution >= 4 is 23.5 Å². The molecule has 1 aromatic heterocycles. The highest BCUT2D eigenvalue weighted by Gasteiger charge is 2.41. The molecule has 23 heavy (non-hydrogen) atoms. The number of nitrogens with zero attached hydrogens (tertiary/aromatic N) is 5. The third kappa shape index (κ3) is 3.06. The van der Waals surface area contributed by atoms with Gasteiger partial charge in [-0.05, 0) is 12.8 Å². The van der Waals surface area contributed by atoms with Crippen LogP contribution in [0.3, 0.4) is 0 Å². The minimum absolute atomic E-state index is 0.0290. The van der Waals surface area contributed by atoms with Crippen LogP contribution >= 0.6 is 0 Å². The molecule has 2 atom stereocenters. The second kappa shape index (κ2) is 6.02. The average molecular weight is 318 g/mol. The van der Waals surface area contributed by atoms with Crippen LogP contribution in [0.25, 0.3) is 0 Å². The number of fused-ring (bicyclic) bond motifs is 4. The van der Waals surface area contributed by atoms with Crippen LogP contribution in [0.1, 0.15) is 12.8 Å². The van der Waals surface area contributed by atoms with Gasteiger partial charge in [0.05, 0.1) is 5.92 Å². The molecule has 124 valence electrons. The molecule has 3 saturated heterocycles. The van der Waals surface area contributed by atoms with Gasteiger partial charge in [0, 0.05) is 39.3 Å². The zero-order chi connectivity index (χ0) is 16.6. The van der Waals surface area contributed by atoms with Crippen LogP contribution in [-0.2, 0) is 9.59 Å². The van der Waals surface area contributed by atoms with Gasteiger partial charge in [0.2, 0.25) is 11.8 Å². The van der Waals surface area contributed by atoms with Gasteiger partial charge in [-0.3, -0.25) is 9.59 Å². The molecule has 1 aromatic rings. The van der Waals surface area contributed by atoms with Crippen LogP contribution in [0.2, 0.25) is 0 Å². The van der Waals surface area contributed by atoms with Crippen molar-refractivity contribution in [2.75, 3.05) is 44.4 Å². The maximum Gasteiger partial charge on any atom is 0.241 e. The molecule has 4 rings (SSSR count). The first-order chi connectivity index (χ1) is 11.0. The molecule has 4 heterocycles. The lowest BCUT2D eigenvalue weighted by molar-refractivity contribution is -0.145. The molecule has 3 aliphatic rings. The highest BCUT2D eigenvalue weighted by atomic mass is 16.2. The number of hydrogen-bond acceptors (Lipinski definition) is 6. The summed E-state index contributed by atoms with van der Waals surface area (Å²) in [5.41, 5.74) is 5.74. The number of carbonyl (C=O) groups is 2. The largest absolute Gasteiger partial charge is 0.384 e. The van der Waals surface area contributed by atoms with Crippen LogP contribution in [0.4, 0.5) is 11.6 Å². The number of hydrogen-bond donors (Lipinski definition) is 1. The van der Waals surface area contributed by atoms with Crippen LogP contribution in [0, 0.1) is 5.92 Å². The first-order valence-electron chi connectivity index (χ1n) is 7.79. The minimum Gasteiger partial charge on any atom is -0.384 e. The van der Waals surface area contributed by atoms with E-state index >= 15 is 0 Å². The molecule has 0 saturated carbocycles. The lowest BCUT2D eigenvalue weighted by atomic mass is 9.94. The summed E-state index contributed by atoms with van der Waals surface area (Å²) in [7, 11) is 3.41. The van der Waals surface area contributed by atoms with E-state index in [0.717, 1.165) is 18.7 Å². The van der Waals surface area contributed by atoms with Crippen LogP contribution in [0.5, 0.6) is 0 Å². The van der Waals surface area contributed by atoms with Gasteiger partial charge in [0.25, 0.3) is 0 Å². The Morgan fingerprint density at radius 3 is 2.83 bits per heavy atom. The van der Waals surface area contributed by atoms with E-state index in [1.165, 1.54) is 11.2 Å². The van der Waals surface area contributed by atoms with Crippen molar-refractivity contribution in [3.63, 3.8) is 0 Å². The van der Waals surface area contributed by atoms with Gasteiger partial charge in [0.1, 0.15) is 24.5 Å². The monoisotopic (exact) mass is 318 g/mol. The molecule has 0 aromatic carbocycles. The number of anilines is 2. The summed E-state index contributed by atoms with van der Waals surface area (Å²) in [5, 5.41) is 0. The Balaban J connectivity index is 1.82. The van der Waals surface area contributed by atoms with Crippen LogP contribution in [0.15, 0.2) is 12.4 Å². The number of carbonyl (C=O) groups excluding carboxylic acids is 2. The molecule has 2 N–H and O–H groups in total. The number of amides is 2. The highest BCUT2D eigenvalue weighted by molar-refractivity contribution is 5.87. The second-order valence-electron chi connectivity index (χ2n) is 6.39. The van der Waals surface area contributed by atoms with Gasteiger partial charge in [-0.2, -0.15) is 0 Å². The van der Waals surface area contributed by atoms with Gasteiger partial charge in [-0.15, -0.1) is 0 Å². The summed E-state index contributed by atoms with van der Waals surface area (Å²) in [6.07, 6.45) is 3.20. The molecular formula is C15H22N6O2. The lowest BCUT2D eigenvalue weighted by Crippen LogP contribution is -2.51. The molecule has 0 spiro atoms. The number of piperidine rings is 1. The van der Waals surface area contributed by atoms with E-state index in [-0.39, 0.29) is 30.3 Å². The molecule has 8 nitrogen and oxygen atoms in total. The molecule has 2 amide bonds. The van der Waals surface area contributed by atoms with E-state index in [1.807, 2.05) is 0 Å². The summed E-state index contributed by atoms with van der Waals surface area (Å²) in [6, 6.07) is 1.76. The van der Waals surface area contributed by atoms with Crippen molar-refractivity contribution in [3.8, 4) is 0 Å². The van der Waals surface area contributed by atoms with E-state index in [2.05, 4.69) is 14.9 Å². The van der Waals surface area contributed by atoms with E-state index in [9.17, 15) is 9.59 Å². The topological polar surface area (TPSA) is 95.7 Å². The zero-order valence-electron chi connectivity index (χ0n) is 13.5. The molecular weight excluding hydrogens is 296 g/mol. The summed E-state index contributed by atoms with van der Waals surface area (Å²) in [6.45, 7) is 1.42. The van der Waals surface area contributed by atoms with E-state index in [1.54, 1.807) is 25.1 Å². The average Bonchev–Trinajstić information content (AvgIpc) is 2.80. The standard InChI is InChI=1S/C15H22N6O2/c1-19(2)14(22)8-21-11-4-3-10(15(21)23)6-20(7-11)13-5-12(16)17-9-18-13/h5,9-11H,3-4,6-8H2,1-2H3,(H2,16,17,18)/t10-,11+/m0/s1. The molecule has 3 aliphatic heterocycles. The fraction of sp³-hybridized carbons (Fsp3) is 0.600. The van der Waals surface area contributed by atoms with Crippen molar-refractivity contribution < 1.29 is 9.59 Å². The Morgan fingerprint density at radius 1 is 1.35 bits per heavy atom. The van der Waals surface area contributed by atoms with E-state index < -0.39 is 0 Å². The number of likely N-dealkylation sites (N-methyl/N-ethyl adjacent to an activating group) is 1. The number of nitrogens with two attached hydrogens (primary N) is 1. The third-order valence-electron chi connectivity index (χ3n) is 4.60. The van der Waals surface area contributed by atoms with Crippen molar-refractivity contribution in [1.29, 1.82) is 0 Å². The normalized spacial score (nSPS) is 23.8. The van der Waals surface area contributed by atoms with Gasteiger partial charge < -0.3 is 20.4 Å². The summed E-state index contributed by atoms with van der Waals surface area (Å²) in [5.74, 6) is 1.07. The van der Waals surface area contributed by atoms with Gasteiger partial charge in [0.15, 0.2) is 0 Å². The van der Waals surface area contributed by atoms with Crippen molar-refractivity contribution in [3.05, 3.63) is 12.4 Å². The van der Waals surface area contributed by atoms with Crippen LogP contribution in [-0.4, -0.2) is 71.4 Å². The number of nitrogen functional groups attached to an aromatic ring is 1. The lowest BCUT2D eigenvalue weighted by Gasteiger charge is -2.35. The number of aromatic nitrogens is 2. The summed E-state index contributed by atoms with van der Waals surface area (Å²) < 4.78 is 0. The minimum atomic E-state index is -0.0973. The Kier molecular flexibility index (Phi) is 4.06. The SMILES string of the molecule is CN(C)C(=O)CN1C(=O)[C@H]2CC[C@@H]1CN(c1cc(N)ncn1)C2. The van der Waals surface area contributed by atoms with Gasteiger partial charge in [-0.1, -0.05) is 0 Å². The maximum atomic E-state index is 12.7. The molecule has 8 heteroatoms. The highest BCUT2D eigenvalue weighted by Crippen LogP contribution is 2.31. The first kappa shape index (κ1) is 15.5. The summed E-state index contributed by atoms with van der Waals surface area (Å²) >= 11 is 0. The molecule has 0 unspecified atom stereocenters. The van der Waals surface area contributed by atoms with Crippen molar-refractivity contribution in [1.82, 2.24) is 19.8 Å². The van der Waals surface area contributed by atoms with Crippen molar-refractivity contribution in [2.24, 2.45) is 5.92 Å². The van der Waals surface area contributed by atoms with Crippen LogP contribution < -0.4 is 10.6 Å². The fourth-order valence-corrected chi connectivity index (χ4v) is 3.26. The van der Waals surface area contributed by atoms with E-state index in [4.69, 9.17) is 5.73 Å². The molecule has 0 radical (unpaired) electrons. The zero-order valence-corrected chi connectivity index (χ0v) is 13.5. The smallest absolute Gasteiger partial charge is 0.241 e. The fourth-order valence-electron chi connectivity index (χ4n) is 3.26. The summed E-state index contributed by atoms with van der Waals surface area (Å²) in [4.78, 5) is 38.2.